The highest BCUT2D eigenvalue weighted by atomic mass is 35.5. The Hall–Kier alpha value is -1.29. The Bertz CT molecular complexity index is 422. The molecule has 1 aromatic heterocycles. The largest absolute Gasteiger partial charge is 0.478 e. The Morgan fingerprint density at radius 2 is 2.44 bits per heavy atom. The summed E-state index contributed by atoms with van der Waals surface area (Å²) < 4.78 is 0. The molecule has 2 unspecified atom stereocenters. The molecular formula is C11H13ClN2O2. The highest BCUT2D eigenvalue weighted by Gasteiger charge is 2.35. The van der Waals surface area contributed by atoms with E-state index in [1.807, 2.05) is 0 Å². The molecule has 16 heavy (non-hydrogen) atoms. The predicted octanol–water partition coefficient (Wildman–Crippen LogP) is 2.64. The fourth-order valence-corrected chi connectivity index (χ4v) is 1.97. The lowest BCUT2D eigenvalue weighted by Gasteiger charge is -2.06. The minimum absolute atomic E-state index is 0.163. The van der Waals surface area contributed by atoms with Gasteiger partial charge in [-0.1, -0.05) is 24.9 Å². The maximum atomic E-state index is 10.8. The molecule has 0 amide bonds. The lowest BCUT2D eigenvalue weighted by atomic mass is 10.2. The van der Waals surface area contributed by atoms with Crippen molar-refractivity contribution in [3.05, 3.63) is 22.8 Å². The number of hydrogen-bond donors (Lipinski definition) is 2. The van der Waals surface area contributed by atoms with Crippen LogP contribution in [0.4, 0.5) is 5.82 Å². The van der Waals surface area contributed by atoms with E-state index in [2.05, 4.69) is 17.2 Å². The molecule has 0 aliphatic heterocycles. The number of carboxylic acids is 1. The summed E-state index contributed by atoms with van der Waals surface area (Å²) in [6.45, 7) is 2.14. The zero-order valence-electron chi connectivity index (χ0n) is 8.90. The van der Waals surface area contributed by atoms with E-state index < -0.39 is 5.97 Å². The number of carboxylic acid groups (broad SMARTS) is 1. The zero-order chi connectivity index (χ0) is 11.7. The summed E-state index contributed by atoms with van der Waals surface area (Å²) >= 11 is 5.75. The number of nitrogens with one attached hydrogen (secondary N) is 1. The molecular weight excluding hydrogens is 228 g/mol. The van der Waals surface area contributed by atoms with Gasteiger partial charge in [0, 0.05) is 6.04 Å². The Balaban J connectivity index is 2.12. The van der Waals surface area contributed by atoms with Gasteiger partial charge in [0.2, 0.25) is 0 Å². The predicted molar refractivity (Wildman–Crippen MR) is 62.0 cm³/mol. The summed E-state index contributed by atoms with van der Waals surface area (Å²) in [5.41, 5.74) is 0.163. The molecule has 0 aromatic carbocycles. The van der Waals surface area contributed by atoms with Gasteiger partial charge in [-0.2, -0.15) is 0 Å². The fourth-order valence-electron chi connectivity index (χ4n) is 1.76. The molecule has 0 spiro atoms. The second-order valence-electron chi connectivity index (χ2n) is 4.02. The van der Waals surface area contributed by atoms with E-state index in [-0.39, 0.29) is 10.7 Å². The van der Waals surface area contributed by atoms with Crippen LogP contribution in [0.5, 0.6) is 0 Å². The van der Waals surface area contributed by atoms with E-state index in [0.717, 1.165) is 12.8 Å². The van der Waals surface area contributed by atoms with Gasteiger partial charge in [-0.15, -0.1) is 0 Å². The van der Waals surface area contributed by atoms with Crippen molar-refractivity contribution >= 4 is 23.4 Å². The van der Waals surface area contributed by atoms with Gasteiger partial charge >= 0.3 is 5.97 Å². The van der Waals surface area contributed by atoms with E-state index in [1.165, 1.54) is 12.1 Å². The van der Waals surface area contributed by atoms with Crippen molar-refractivity contribution in [2.24, 2.45) is 5.92 Å². The minimum Gasteiger partial charge on any atom is -0.478 e. The monoisotopic (exact) mass is 240 g/mol. The second-order valence-corrected chi connectivity index (χ2v) is 4.41. The molecule has 1 fully saturated rings. The van der Waals surface area contributed by atoms with Crippen LogP contribution in [0.15, 0.2) is 12.1 Å². The van der Waals surface area contributed by atoms with Gasteiger partial charge in [-0.25, -0.2) is 9.78 Å². The van der Waals surface area contributed by atoms with Crippen LogP contribution in [0.1, 0.15) is 30.1 Å². The van der Waals surface area contributed by atoms with Gasteiger partial charge < -0.3 is 10.4 Å². The van der Waals surface area contributed by atoms with Crippen LogP contribution in [0.25, 0.3) is 0 Å². The summed E-state index contributed by atoms with van der Waals surface area (Å²) in [5, 5.41) is 12.3. The average molecular weight is 241 g/mol. The molecule has 1 aromatic rings. The van der Waals surface area contributed by atoms with Gasteiger partial charge in [-0.3, -0.25) is 0 Å². The van der Waals surface area contributed by atoms with Gasteiger partial charge in [-0.05, 0) is 24.5 Å². The molecule has 86 valence electrons. The minimum atomic E-state index is -0.991. The first-order chi connectivity index (χ1) is 7.60. The summed E-state index contributed by atoms with van der Waals surface area (Å²) in [6.07, 6.45) is 2.25. The van der Waals surface area contributed by atoms with Crippen molar-refractivity contribution in [1.29, 1.82) is 0 Å². The summed E-state index contributed by atoms with van der Waals surface area (Å²) in [5.74, 6) is 0.232. The van der Waals surface area contributed by atoms with Gasteiger partial charge in [0.05, 0.1) is 5.56 Å². The number of halogens is 1. The highest BCUT2D eigenvalue weighted by molar-refractivity contribution is 6.29. The normalized spacial score (nSPS) is 22.9. The SMILES string of the molecule is CCC1CC1Nc1cc(C(=O)O)cc(Cl)n1. The molecule has 2 N–H and O–H groups in total. The Morgan fingerprint density at radius 1 is 1.69 bits per heavy atom. The Morgan fingerprint density at radius 3 is 3.00 bits per heavy atom. The number of pyridine rings is 1. The van der Waals surface area contributed by atoms with Gasteiger partial charge in [0.25, 0.3) is 0 Å². The van der Waals surface area contributed by atoms with E-state index in [1.54, 1.807) is 0 Å². The maximum absolute atomic E-state index is 10.8. The second kappa shape index (κ2) is 4.29. The molecule has 1 heterocycles. The molecule has 1 aliphatic rings. The zero-order valence-corrected chi connectivity index (χ0v) is 9.66. The molecule has 1 aliphatic carbocycles. The van der Waals surface area contributed by atoms with Crippen LogP contribution in [-0.2, 0) is 0 Å². The topological polar surface area (TPSA) is 62.2 Å². The molecule has 0 radical (unpaired) electrons. The van der Waals surface area contributed by atoms with Crippen molar-refractivity contribution < 1.29 is 9.90 Å². The van der Waals surface area contributed by atoms with E-state index >= 15 is 0 Å². The number of aromatic nitrogens is 1. The van der Waals surface area contributed by atoms with Crippen molar-refractivity contribution in [3.8, 4) is 0 Å². The van der Waals surface area contributed by atoms with Crippen LogP contribution in [0.2, 0.25) is 5.15 Å². The molecule has 0 saturated heterocycles. The molecule has 2 atom stereocenters. The number of aromatic carboxylic acids is 1. The molecule has 2 rings (SSSR count). The summed E-state index contributed by atoms with van der Waals surface area (Å²) in [7, 11) is 0. The van der Waals surface area contributed by atoms with E-state index in [4.69, 9.17) is 16.7 Å². The number of rotatable bonds is 4. The third-order valence-electron chi connectivity index (χ3n) is 2.82. The lowest BCUT2D eigenvalue weighted by Crippen LogP contribution is -2.08. The smallest absolute Gasteiger partial charge is 0.335 e. The standard InChI is InChI=1S/C11H13ClN2O2/c1-2-6-3-8(6)13-10-5-7(11(15)16)4-9(12)14-10/h4-6,8H,2-3H2,1H3,(H,13,14)(H,15,16). The average Bonchev–Trinajstić information content (AvgIpc) is 2.95. The molecule has 5 heteroatoms. The first kappa shape index (κ1) is 11.2. The summed E-state index contributed by atoms with van der Waals surface area (Å²) in [4.78, 5) is 14.9. The molecule has 0 bridgehead atoms. The summed E-state index contributed by atoms with van der Waals surface area (Å²) in [6, 6.07) is 3.27. The van der Waals surface area contributed by atoms with E-state index in [0.29, 0.717) is 17.8 Å². The Kier molecular flexibility index (Phi) is 3.01. The van der Waals surface area contributed by atoms with Crippen LogP contribution < -0.4 is 5.32 Å². The first-order valence-electron chi connectivity index (χ1n) is 5.27. The quantitative estimate of drug-likeness (QED) is 0.795. The molecule has 1 saturated carbocycles. The van der Waals surface area contributed by atoms with Crippen LogP contribution in [-0.4, -0.2) is 22.1 Å². The molecule has 4 nitrogen and oxygen atoms in total. The highest BCUT2D eigenvalue weighted by Crippen LogP contribution is 2.35. The number of hydrogen-bond acceptors (Lipinski definition) is 3. The van der Waals surface area contributed by atoms with Gasteiger partial charge in [0.1, 0.15) is 11.0 Å². The van der Waals surface area contributed by atoms with Crippen LogP contribution in [0.3, 0.4) is 0 Å². The lowest BCUT2D eigenvalue weighted by molar-refractivity contribution is 0.0697. The van der Waals surface area contributed by atoms with Crippen molar-refractivity contribution in [2.45, 2.75) is 25.8 Å². The van der Waals surface area contributed by atoms with Crippen molar-refractivity contribution in [1.82, 2.24) is 4.98 Å². The van der Waals surface area contributed by atoms with E-state index in [9.17, 15) is 4.79 Å². The van der Waals surface area contributed by atoms with Crippen molar-refractivity contribution in [3.63, 3.8) is 0 Å². The van der Waals surface area contributed by atoms with Crippen LogP contribution in [0, 0.1) is 5.92 Å². The number of anilines is 1. The van der Waals surface area contributed by atoms with Gasteiger partial charge in [0.15, 0.2) is 0 Å². The maximum Gasteiger partial charge on any atom is 0.335 e. The third kappa shape index (κ3) is 2.44. The number of nitrogens with zero attached hydrogens (tertiary/aromatic N) is 1. The fraction of sp³-hybridized carbons (Fsp3) is 0.455. The number of carbonyl (C=O) groups is 1. The van der Waals surface area contributed by atoms with Crippen LogP contribution >= 0.6 is 11.6 Å². The first-order valence-corrected chi connectivity index (χ1v) is 5.65. The Labute approximate surface area is 98.6 Å². The van der Waals surface area contributed by atoms with Crippen molar-refractivity contribution in [2.75, 3.05) is 5.32 Å². The third-order valence-corrected chi connectivity index (χ3v) is 3.01.